The molecule has 1 atom stereocenters. The fourth-order valence-corrected chi connectivity index (χ4v) is 2.92. The number of carbonyl (C=O) groups excluding carboxylic acids is 1. The molecule has 1 aromatic rings. The number of ether oxygens (including phenoxy) is 1. The van der Waals surface area contributed by atoms with Gasteiger partial charge in [0.25, 0.3) is 0 Å². The number of hydrogen-bond donors (Lipinski definition) is 1. The van der Waals surface area contributed by atoms with Crippen LogP contribution in [0.2, 0.25) is 0 Å². The molecule has 1 fully saturated rings. The van der Waals surface area contributed by atoms with Crippen molar-refractivity contribution in [2.75, 3.05) is 13.1 Å². The first-order valence-electron chi connectivity index (χ1n) is 7.91. The van der Waals surface area contributed by atoms with E-state index >= 15 is 0 Å². The maximum absolute atomic E-state index is 12.3. The normalized spacial score (nSPS) is 16.4. The summed E-state index contributed by atoms with van der Waals surface area (Å²) in [5.74, 6) is 0. The third-order valence-corrected chi connectivity index (χ3v) is 4.29. The Kier molecular flexibility index (Phi) is 5.45. The Balaban J connectivity index is 1.81. The van der Waals surface area contributed by atoms with Gasteiger partial charge in [0.15, 0.2) is 0 Å². The Hall–Kier alpha value is -1.14. The predicted octanol–water partition coefficient (Wildman–Crippen LogP) is 3.50. The van der Waals surface area contributed by atoms with Crippen molar-refractivity contribution in [2.45, 2.75) is 65.1 Å². The van der Waals surface area contributed by atoms with Gasteiger partial charge in [-0.2, -0.15) is 0 Å². The number of aryl methyl sites for hydroxylation is 1. The fourth-order valence-electron chi connectivity index (χ4n) is 2.21. The molecule has 1 unspecified atom stereocenters. The molecule has 0 saturated heterocycles. The SMILES string of the molecule is Cc1nc(C(C)NCCN(C(=O)OC(C)(C)C)C2CC2)cs1. The van der Waals surface area contributed by atoms with Crippen molar-refractivity contribution in [3.05, 3.63) is 16.1 Å². The molecule has 1 aliphatic rings. The van der Waals surface area contributed by atoms with E-state index in [1.807, 2.05) is 32.6 Å². The minimum Gasteiger partial charge on any atom is -0.444 e. The minimum atomic E-state index is -0.441. The van der Waals surface area contributed by atoms with Gasteiger partial charge in [-0.25, -0.2) is 9.78 Å². The molecular weight excluding hydrogens is 298 g/mol. The van der Waals surface area contributed by atoms with Crippen LogP contribution in [0.3, 0.4) is 0 Å². The summed E-state index contributed by atoms with van der Waals surface area (Å²) < 4.78 is 5.50. The predicted molar refractivity (Wildman–Crippen MR) is 89.2 cm³/mol. The molecule has 2 rings (SSSR count). The summed E-state index contributed by atoms with van der Waals surface area (Å²) in [4.78, 5) is 18.6. The van der Waals surface area contributed by atoms with Crippen LogP contribution in [0.25, 0.3) is 0 Å². The number of hydrogen-bond acceptors (Lipinski definition) is 5. The van der Waals surface area contributed by atoms with Crippen LogP contribution in [-0.2, 0) is 4.74 Å². The quantitative estimate of drug-likeness (QED) is 0.870. The summed E-state index contributed by atoms with van der Waals surface area (Å²) in [5, 5.41) is 6.60. The van der Waals surface area contributed by atoms with Crippen molar-refractivity contribution in [3.63, 3.8) is 0 Å². The molecule has 1 aliphatic carbocycles. The molecule has 0 spiro atoms. The molecule has 5 nitrogen and oxygen atoms in total. The summed E-state index contributed by atoms with van der Waals surface area (Å²) in [6.45, 7) is 11.2. The lowest BCUT2D eigenvalue weighted by atomic mass is 10.2. The highest BCUT2D eigenvalue weighted by atomic mass is 32.1. The van der Waals surface area contributed by atoms with Crippen LogP contribution in [0.1, 0.15) is 57.3 Å². The molecule has 0 radical (unpaired) electrons. The lowest BCUT2D eigenvalue weighted by Crippen LogP contribution is -2.42. The second-order valence-electron chi connectivity index (χ2n) is 6.87. The van der Waals surface area contributed by atoms with Gasteiger partial charge in [0.05, 0.1) is 10.7 Å². The highest BCUT2D eigenvalue weighted by Gasteiger charge is 2.34. The zero-order valence-corrected chi connectivity index (χ0v) is 15.0. The molecule has 124 valence electrons. The van der Waals surface area contributed by atoms with Crippen LogP contribution in [0.15, 0.2) is 5.38 Å². The maximum Gasteiger partial charge on any atom is 0.410 e. The van der Waals surface area contributed by atoms with Gasteiger partial charge in [-0.05, 0) is 47.5 Å². The minimum absolute atomic E-state index is 0.199. The number of amides is 1. The Morgan fingerprint density at radius 1 is 1.55 bits per heavy atom. The third kappa shape index (κ3) is 5.25. The van der Waals surface area contributed by atoms with Crippen molar-refractivity contribution in [3.8, 4) is 0 Å². The molecule has 1 aromatic heterocycles. The van der Waals surface area contributed by atoms with Crippen LogP contribution >= 0.6 is 11.3 Å². The van der Waals surface area contributed by atoms with Gasteiger partial charge < -0.3 is 15.0 Å². The van der Waals surface area contributed by atoms with Crippen molar-refractivity contribution in [2.24, 2.45) is 0 Å². The molecular formula is C16H27N3O2S. The number of aromatic nitrogens is 1. The van der Waals surface area contributed by atoms with E-state index in [0.717, 1.165) is 30.1 Å². The topological polar surface area (TPSA) is 54.5 Å². The van der Waals surface area contributed by atoms with Crippen LogP contribution in [-0.4, -0.2) is 40.7 Å². The Labute approximate surface area is 137 Å². The van der Waals surface area contributed by atoms with E-state index in [1.54, 1.807) is 11.3 Å². The largest absolute Gasteiger partial charge is 0.444 e. The van der Waals surface area contributed by atoms with Crippen molar-refractivity contribution in [1.82, 2.24) is 15.2 Å². The Morgan fingerprint density at radius 3 is 2.73 bits per heavy atom. The average Bonchev–Trinajstić information content (AvgIpc) is 3.13. The van der Waals surface area contributed by atoms with Gasteiger partial charge >= 0.3 is 6.09 Å². The van der Waals surface area contributed by atoms with Crippen molar-refractivity contribution >= 4 is 17.4 Å². The second-order valence-corrected chi connectivity index (χ2v) is 7.93. The highest BCUT2D eigenvalue weighted by molar-refractivity contribution is 7.09. The van der Waals surface area contributed by atoms with Crippen LogP contribution in [0, 0.1) is 6.92 Å². The molecule has 1 heterocycles. The Morgan fingerprint density at radius 2 is 2.23 bits per heavy atom. The smallest absolute Gasteiger partial charge is 0.410 e. The molecule has 22 heavy (non-hydrogen) atoms. The number of nitrogens with zero attached hydrogens (tertiary/aromatic N) is 2. The maximum atomic E-state index is 12.3. The van der Waals surface area contributed by atoms with Gasteiger partial charge in [0, 0.05) is 30.6 Å². The average molecular weight is 325 g/mol. The van der Waals surface area contributed by atoms with Crippen molar-refractivity contribution < 1.29 is 9.53 Å². The van der Waals surface area contributed by atoms with E-state index in [9.17, 15) is 4.79 Å². The van der Waals surface area contributed by atoms with Crippen LogP contribution < -0.4 is 5.32 Å². The number of nitrogens with one attached hydrogen (secondary N) is 1. The van der Waals surface area contributed by atoms with Crippen molar-refractivity contribution in [1.29, 1.82) is 0 Å². The lowest BCUT2D eigenvalue weighted by molar-refractivity contribution is 0.0235. The van der Waals surface area contributed by atoms with E-state index in [0.29, 0.717) is 12.6 Å². The van der Waals surface area contributed by atoms with Gasteiger partial charge in [0.2, 0.25) is 0 Å². The van der Waals surface area contributed by atoms with Gasteiger partial charge in [-0.15, -0.1) is 11.3 Å². The molecule has 0 aromatic carbocycles. The molecule has 0 bridgehead atoms. The summed E-state index contributed by atoms with van der Waals surface area (Å²) >= 11 is 1.66. The molecule has 1 saturated carbocycles. The lowest BCUT2D eigenvalue weighted by Gasteiger charge is -2.27. The standard InChI is InChI=1S/C16H27N3O2S/c1-11(14-10-22-12(2)18-14)17-8-9-19(13-6-7-13)15(20)21-16(3,4)5/h10-11,13,17H,6-9H2,1-5H3. The molecule has 0 aliphatic heterocycles. The highest BCUT2D eigenvalue weighted by Crippen LogP contribution is 2.28. The first-order valence-corrected chi connectivity index (χ1v) is 8.79. The van der Waals surface area contributed by atoms with E-state index in [1.165, 1.54) is 0 Å². The van der Waals surface area contributed by atoms with Gasteiger partial charge in [-0.1, -0.05) is 0 Å². The van der Waals surface area contributed by atoms with Crippen LogP contribution in [0.5, 0.6) is 0 Å². The summed E-state index contributed by atoms with van der Waals surface area (Å²) in [7, 11) is 0. The second kappa shape index (κ2) is 6.96. The van der Waals surface area contributed by atoms with E-state index in [-0.39, 0.29) is 12.1 Å². The number of thiazole rings is 1. The Bertz CT molecular complexity index is 506. The first-order chi connectivity index (χ1) is 10.3. The fraction of sp³-hybridized carbons (Fsp3) is 0.750. The molecule has 1 amide bonds. The summed E-state index contributed by atoms with van der Waals surface area (Å²) in [6.07, 6.45) is 1.97. The van der Waals surface area contributed by atoms with E-state index in [4.69, 9.17) is 4.74 Å². The van der Waals surface area contributed by atoms with Gasteiger partial charge in [0.1, 0.15) is 5.60 Å². The number of carbonyl (C=O) groups is 1. The zero-order chi connectivity index (χ0) is 16.3. The van der Waals surface area contributed by atoms with Gasteiger partial charge in [-0.3, -0.25) is 0 Å². The summed E-state index contributed by atoms with van der Waals surface area (Å²) in [5.41, 5.74) is 0.626. The third-order valence-electron chi connectivity index (χ3n) is 3.50. The first kappa shape index (κ1) is 17.2. The van der Waals surface area contributed by atoms with E-state index < -0.39 is 5.60 Å². The van der Waals surface area contributed by atoms with Crippen LogP contribution in [0.4, 0.5) is 4.79 Å². The van der Waals surface area contributed by atoms with E-state index in [2.05, 4.69) is 22.6 Å². The molecule has 1 N–H and O–H groups in total. The summed E-state index contributed by atoms with van der Waals surface area (Å²) in [6, 6.07) is 0.554. The monoisotopic (exact) mass is 325 g/mol. The zero-order valence-electron chi connectivity index (χ0n) is 14.2. The number of rotatable bonds is 6. The molecule has 6 heteroatoms.